The first-order valence-corrected chi connectivity index (χ1v) is 7.22. The highest BCUT2D eigenvalue weighted by Gasteiger charge is 2.16. The molecule has 0 aromatic heterocycles. The topological polar surface area (TPSA) is 30.5 Å². The van der Waals surface area contributed by atoms with E-state index in [1.807, 2.05) is 24.3 Å². The second-order valence-corrected chi connectivity index (χ2v) is 4.91. The standard InChI is InChI=1S/C16H27NO2/c1-5-11-17-14(13(3)6-2)12-19-16-10-8-7-9-15(16)18-4/h7-10,13-14,17H,5-6,11-12H2,1-4H3. The number of ether oxygens (including phenoxy) is 2. The zero-order valence-corrected chi connectivity index (χ0v) is 12.6. The Hall–Kier alpha value is -1.22. The quantitative estimate of drug-likeness (QED) is 0.741. The van der Waals surface area contributed by atoms with Crippen LogP contribution in [-0.2, 0) is 0 Å². The van der Waals surface area contributed by atoms with Gasteiger partial charge in [-0.25, -0.2) is 0 Å². The van der Waals surface area contributed by atoms with E-state index in [9.17, 15) is 0 Å². The molecular weight excluding hydrogens is 238 g/mol. The molecule has 0 aliphatic rings. The Bertz CT molecular complexity index is 354. The number of para-hydroxylation sites is 2. The molecule has 0 saturated heterocycles. The fraction of sp³-hybridized carbons (Fsp3) is 0.625. The van der Waals surface area contributed by atoms with Gasteiger partial charge in [0.15, 0.2) is 11.5 Å². The van der Waals surface area contributed by atoms with Crippen LogP contribution < -0.4 is 14.8 Å². The molecule has 108 valence electrons. The number of hydrogen-bond acceptors (Lipinski definition) is 3. The van der Waals surface area contributed by atoms with Crippen molar-refractivity contribution < 1.29 is 9.47 Å². The molecule has 1 aromatic rings. The van der Waals surface area contributed by atoms with Gasteiger partial charge in [-0.2, -0.15) is 0 Å². The molecule has 0 radical (unpaired) electrons. The smallest absolute Gasteiger partial charge is 0.161 e. The Balaban J connectivity index is 2.59. The number of nitrogens with one attached hydrogen (secondary N) is 1. The van der Waals surface area contributed by atoms with Gasteiger partial charge in [-0.3, -0.25) is 0 Å². The molecule has 0 heterocycles. The van der Waals surface area contributed by atoms with Gasteiger partial charge in [0.1, 0.15) is 6.61 Å². The maximum Gasteiger partial charge on any atom is 0.161 e. The Kier molecular flexibility index (Phi) is 7.34. The van der Waals surface area contributed by atoms with E-state index in [0.29, 0.717) is 18.6 Å². The maximum atomic E-state index is 5.92. The third-order valence-corrected chi connectivity index (χ3v) is 3.47. The van der Waals surface area contributed by atoms with E-state index >= 15 is 0 Å². The van der Waals surface area contributed by atoms with Gasteiger partial charge >= 0.3 is 0 Å². The monoisotopic (exact) mass is 265 g/mol. The minimum Gasteiger partial charge on any atom is -0.493 e. The normalized spacial score (nSPS) is 13.9. The summed E-state index contributed by atoms with van der Waals surface area (Å²) < 4.78 is 11.2. The lowest BCUT2D eigenvalue weighted by atomic mass is 10.00. The van der Waals surface area contributed by atoms with Gasteiger partial charge in [0, 0.05) is 6.04 Å². The molecular formula is C16H27NO2. The van der Waals surface area contributed by atoms with Crippen molar-refractivity contribution in [3.63, 3.8) is 0 Å². The second kappa shape index (κ2) is 8.81. The van der Waals surface area contributed by atoms with Crippen molar-refractivity contribution in [1.29, 1.82) is 0 Å². The molecule has 0 saturated carbocycles. The third kappa shape index (κ3) is 5.11. The van der Waals surface area contributed by atoms with Crippen molar-refractivity contribution in [2.75, 3.05) is 20.3 Å². The predicted molar refractivity (Wildman–Crippen MR) is 80.0 cm³/mol. The summed E-state index contributed by atoms with van der Waals surface area (Å²) in [6.45, 7) is 8.37. The lowest BCUT2D eigenvalue weighted by Crippen LogP contribution is -2.40. The van der Waals surface area contributed by atoms with Gasteiger partial charge in [-0.15, -0.1) is 0 Å². The van der Waals surface area contributed by atoms with Crippen LogP contribution in [0.2, 0.25) is 0 Å². The van der Waals surface area contributed by atoms with Gasteiger partial charge in [0.05, 0.1) is 7.11 Å². The molecule has 0 fully saturated rings. The van der Waals surface area contributed by atoms with E-state index in [-0.39, 0.29) is 0 Å². The number of hydrogen-bond donors (Lipinski definition) is 1. The van der Waals surface area contributed by atoms with Crippen LogP contribution in [0.15, 0.2) is 24.3 Å². The number of methoxy groups -OCH3 is 1. The molecule has 2 atom stereocenters. The summed E-state index contributed by atoms with van der Waals surface area (Å²) in [5.41, 5.74) is 0. The van der Waals surface area contributed by atoms with Crippen molar-refractivity contribution in [2.24, 2.45) is 5.92 Å². The highest BCUT2D eigenvalue weighted by molar-refractivity contribution is 5.39. The molecule has 1 rings (SSSR count). The van der Waals surface area contributed by atoms with Crippen LogP contribution in [-0.4, -0.2) is 26.3 Å². The Labute approximate surface area is 117 Å². The van der Waals surface area contributed by atoms with Crippen LogP contribution in [0.3, 0.4) is 0 Å². The van der Waals surface area contributed by atoms with E-state index in [4.69, 9.17) is 9.47 Å². The van der Waals surface area contributed by atoms with Crippen molar-refractivity contribution >= 4 is 0 Å². The van der Waals surface area contributed by atoms with Gasteiger partial charge in [-0.05, 0) is 31.0 Å². The van der Waals surface area contributed by atoms with Gasteiger partial charge in [0.25, 0.3) is 0 Å². The average molecular weight is 265 g/mol. The minimum atomic E-state index is 0.384. The molecule has 3 heteroatoms. The van der Waals surface area contributed by atoms with Gasteiger partial charge < -0.3 is 14.8 Å². The van der Waals surface area contributed by atoms with Gasteiger partial charge in [-0.1, -0.05) is 39.3 Å². The van der Waals surface area contributed by atoms with E-state index in [0.717, 1.165) is 30.9 Å². The zero-order chi connectivity index (χ0) is 14.1. The summed E-state index contributed by atoms with van der Waals surface area (Å²) in [5, 5.41) is 3.56. The second-order valence-electron chi connectivity index (χ2n) is 4.91. The SMILES string of the molecule is CCCNC(COc1ccccc1OC)C(C)CC. The number of benzene rings is 1. The van der Waals surface area contributed by atoms with Crippen LogP contribution in [0.5, 0.6) is 11.5 Å². The van der Waals surface area contributed by atoms with E-state index < -0.39 is 0 Å². The molecule has 3 nitrogen and oxygen atoms in total. The van der Waals surface area contributed by atoms with E-state index in [2.05, 4.69) is 26.1 Å². The van der Waals surface area contributed by atoms with E-state index in [1.165, 1.54) is 0 Å². The van der Waals surface area contributed by atoms with Crippen molar-refractivity contribution in [3.05, 3.63) is 24.3 Å². The minimum absolute atomic E-state index is 0.384. The lowest BCUT2D eigenvalue weighted by molar-refractivity contribution is 0.213. The highest BCUT2D eigenvalue weighted by atomic mass is 16.5. The fourth-order valence-corrected chi connectivity index (χ4v) is 1.96. The first kappa shape index (κ1) is 15.8. The molecule has 0 amide bonds. The third-order valence-electron chi connectivity index (χ3n) is 3.47. The summed E-state index contributed by atoms with van der Waals surface area (Å²) in [6, 6.07) is 8.18. The van der Waals surface area contributed by atoms with Crippen LogP contribution in [0.1, 0.15) is 33.6 Å². The molecule has 1 aromatic carbocycles. The zero-order valence-electron chi connectivity index (χ0n) is 12.6. The first-order chi connectivity index (χ1) is 9.22. The summed E-state index contributed by atoms with van der Waals surface area (Å²) in [5.74, 6) is 2.21. The molecule has 0 aliphatic heterocycles. The number of rotatable bonds is 9. The molecule has 2 unspecified atom stereocenters. The van der Waals surface area contributed by atoms with Crippen molar-refractivity contribution in [1.82, 2.24) is 5.32 Å². The van der Waals surface area contributed by atoms with Gasteiger partial charge in [0.2, 0.25) is 0 Å². The molecule has 0 aliphatic carbocycles. The Morgan fingerprint density at radius 2 is 1.84 bits per heavy atom. The van der Waals surface area contributed by atoms with Crippen LogP contribution >= 0.6 is 0 Å². The summed E-state index contributed by atoms with van der Waals surface area (Å²) >= 11 is 0. The van der Waals surface area contributed by atoms with E-state index in [1.54, 1.807) is 7.11 Å². The molecule has 0 bridgehead atoms. The average Bonchev–Trinajstić information content (AvgIpc) is 2.47. The molecule has 0 spiro atoms. The van der Waals surface area contributed by atoms with Crippen molar-refractivity contribution in [3.8, 4) is 11.5 Å². The first-order valence-electron chi connectivity index (χ1n) is 7.22. The molecule has 19 heavy (non-hydrogen) atoms. The summed E-state index contributed by atoms with van der Waals surface area (Å²) in [7, 11) is 1.67. The Morgan fingerprint density at radius 3 is 2.42 bits per heavy atom. The molecule has 1 N–H and O–H groups in total. The fourth-order valence-electron chi connectivity index (χ4n) is 1.96. The van der Waals surface area contributed by atoms with Crippen LogP contribution in [0.25, 0.3) is 0 Å². The predicted octanol–water partition coefficient (Wildman–Crippen LogP) is 3.49. The summed E-state index contributed by atoms with van der Waals surface area (Å²) in [4.78, 5) is 0. The van der Waals surface area contributed by atoms with Crippen LogP contribution in [0.4, 0.5) is 0 Å². The highest BCUT2D eigenvalue weighted by Crippen LogP contribution is 2.26. The Morgan fingerprint density at radius 1 is 1.16 bits per heavy atom. The maximum absolute atomic E-state index is 5.92. The lowest BCUT2D eigenvalue weighted by Gasteiger charge is -2.24. The van der Waals surface area contributed by atoms with Crippen LogP contribution in [0, 0.1) is 5.92 Å². The largest absolute Gasteiger partial charge is 0.493 e. The summed E-state index contributed by atoms with van der Waals surface area (Å²) in [6.07, 6.45) is 2.29. The van der Waals surface area contributed by atoms with Crippen molar-refractivity contribution in [2.45, 2.75) is 39.7 Å².